The van der Waals surface area contributed by atoms with Crippen molar-refractivity contribution in [3.63, 3.8) is 0 Å². The predicted molar refractivity (Wildman–Crippen MR) is 152 cm³/mol. The minimum Gasteiger partial charge on any atom is -0.464 e. The predicted octanol–water partition coefficient (Wildman–Crippen LogP) is 5.56. The van der Waals surface area contributed by atoms with E-state index in [1.165, 1.54) is 72.4 Å². The number of hydrogen-bond donors (Lipinski definition) is 1. The highest BCUT2D eigenvalue weighted by Crippen LogP contribution is 2.32. The minimum atomic E-state index is -2.81. The minimum absolute atomic E-state index is 0.128. The van der Waals surface area contributed by atoms with E-state index in [-0.39, 0.29) is 5.56 Å². The summed E-state index contributed by atoms with van der Waals surface area (Å²) in [5, 5.41) is 0.394. The smallest absolute Gasteiger partial charge is 0.278 e. The van der Waals surface area contributed by atoms with Gasteiger partial charge in [-0.15, -0.1) is 13.2 Å². The van der Waals surface area contributed by atoms with E-state index in [2.05, 4.69) is 28.8 Å². The summed E-state index contributed by atoms with van der Waals surface area (Å²) in [6.45, 7) is 11.7. The van der Waals surface area contributed by atoms with E-state index in [1.807, 2.05) is 6.92 Å². The highest BCUT2D eigenvalue weighted by molar-refractivity contribution is 7.13. The monoisotopic (exact) mass is 554 g/mol. The summed E-state index contributed by atoms with van der Waals surface area (Å²) >= 11 is 1.43. The van der Waals surface area contributed by atoms with Crippen LogP contribution in [0.25, 0.3) is 0 Å². The van der Waals surface area contributed by atoms with Crippen molar-refractivity contribution in [1.82, 2.24) is 14.5 Å². The Morgan fingerprint density at radius 1 is 1.24 bits per heavy atom. The van der Waals surface area contributed by atoms with Crippen LogP contribution in [0.2, 0.25) is 0 Å². The van der Waals surface area contributed by atoms with Crippen LogP contribution in [0.1, 0.15) is 73.4 Å². The molecule has 2 aromatic heterocycles. The highest BCUT2D eigenvalue weighted by Gasteiger charge is 2.26. The fraction of sp³-hybridized carbons (Fsp3) is 0.607. The van der Waals surface area contributed by atoms with Gasteiger partial charge in [0.25, 0.3) is 16.7 Å². The molecule has 0 bridgehead atoms. The SMILES string of the molecule is C=C.CC(F)(F)COc1nc2c(s1)CCN(CCC1CCCCC1)C2.CCn1c(C=O)cccc1=O.CN. The van der Waals surface area contributed by atoms with Gasteiger partial charge in [-0.2, -0.15) is 0 Å². The van der Waals surface area contributed by atoms with Crippen molar-refractivity contribution in [3.05, 3.63) is 58.0 Å². The van der Waals surface area contributed by atoms with Crippen molar-refractivity contribution in [3.8, 4) is 5.19 Å². The lowest BCUT2D eigenvalue weighted by Gasteiger charge is -2.29. The number of nitrogens with zero attached hydrogens (tertiary/aromatic N) is 3. The van der Waals surface area contributed by atoms with Crippen molar-refractivity contribution in [2.24, 2.45) is 11.7 Å². The topological polar surface area (TPSA) is 90.5 Å². The Kier molecular flexibility index (Phi) is 15.9. The van der Waals surface area contributed by atoms with Gasteiger partial charge in [0.15, 0.2) is 12.9 Å². The molecule has 1 fully saturated rings. The van der Waals surface area contributed by atoms with Crippen molar-refractivity contribution in [2.75, 3.05) is 26.7 Å². The van der Waals surface area contributed by atoms with Gasteiger partial charge in [-0.1, -0.05) is 49.5 Å². The maximum Gasteiger partial charge on any atom is 0.278 e. The summed E-state index contributed by atoms with van der Waals surface area (Å²) in [6, 6.07) is 4.65. The van der Waals surface area contributed by atoms with Gasteiger partial charge in [0.2, 0.25) is 0 Å². The molecule has 0 aromatic carbocycles. The number of fused-ring (bicyclic) bond motifs is 1. The van der Waals surface area contributed by atoms with E-state index in [4.69, 9.17) is 4.74 Å². The molecule has 0 amide bonds. The Balaban J connectivity index is 0.000000405. The number of thiazole rings is 1. The van der Waals surface area contributed by atoms with Gasteiger partial charge in [-0.05, 0) is 45.3 Å². The molecule has 2 N–H and O–H groups in total. The zero-order chi connectivity index (χ0) is 28.6. The van der Waals surface area contributed by atoms with E-state index in [0.717, 1.165) is 44.6 Å². The second-order valence-corrected chi connectivity index (χ2v) is 10.2. The first kappa shape index (κ1) is 33.6. The molecular weight excluding hydrogens is 510 g/mol. The van der Waals surface area contributed by atoms with Crippen molar-refractivity contribution < 1.29 is 18.3 Å². The Morgan fingerprint density at radius 3 is 2.50 bits per heavy atom. The Labute approximate surface area is 229 Å². The number of rotatable bonds is 8. The van der Waals surface area contributed by atoms with Crippen LogP contribution in [0.5, 0.6) is 5.19 Å². The van der Waals surface area contributed by atoms with E-state index in [0.29, 0.717) is 23.7 Å². The molecule has 7 nitrogen and oxygen atoms in total. The number of halogens is 2. The summed E-state index contributed by atoms with van der Waals surface area (Å²) in [5.41, 5.74) is 5.83. The fourth-order valence-corrected chi connectivity index (χ4v) is 5.39. The number of aromatic nitrogens is 2. The van der Waals surface area contributed by atoms with Gasteiger partial charge < -0.3 is 15.0 Å². The third kappa shape index (κ3) is 11.5. The molecule has 0 atom stereocenters. The van der Waals surface area contributed by atoms with Crippen LogP contribution >= 0.6 is 11.3 Å². The van der Waals surface area contributed by atoms with Crippen LogP contribution in [-0.4, -0.2) is 53.4 Å². The fourth-order valence-electron chi connectivity index (χ4n) is 4.49. The van der Waals surface area contributed by atoms with E-state index in [1.54, 1.807) is 12.1 Å². The normalized spacial score (nSPS) is 15.4. The zero-order valence-corrected chi connectivity index (χ0v) is 23.9. The molecule has 0 saturated heterocycles. The Morgan fingerprint density at radius 2 is 1.92 bits per heavy atom. The van der Waals surface area contributed by atoms with Crippen LogP contribution in [0.15, 0.2) is 36.2 Å². The summed E-state index contributed by atoms with van der Waals surface area (Å²) < 4.78 is 32.3. The van der Waals surface area contributed by atoms with Crippen LogP contribution in [0.4, 0.5) is 8.78 Å². The first-order valence-electron chi connectivity index (χ1n) is 13.2. The zero-order valence-electron chi connectivity index (χ0n) is 23.1. The second kappa shape index (κ2) is 18.0. The highest BCUT2D eigenvalue weighted by atomic mass is 32.1. The Hall–Kier alpha value is -2.43. The number of carbonyl (C=O) groups excluding carboxylic acids is 1. The third-order valence-electron chi connectivity index (χ3n) is 6.33. The molecule has 2 aromatic rings. The second-order valence-electron chi connectivity index (χ2n) is 9.18. The molecule has 4 rings (SSSR count). The molecule has 38 heavy (non-hydrogen) atoms. The van der Waals surface area contributed by atoms with E-state index < -0.39 is 12.5 Å². The van der Waals surface area contributed by atoms with Gasteiger partial charge in [0.1, 0.15) is 0 Å². The lowest BCUT2D eigenvalue weighted by molar-refractivity contribution is -0.0230. The van der Waals surface area contributed by atoms with Crippen LogP contribution in [0, 0.1) is 5.92 Å². The number of carbonyl (C=O) groups is 1. The summed E-state index contributed by atoms with van der Waals surface area (Å²) in [7, 11) is 1.50. The van der Waals surface area contributed by atoms with Crippen molar-refractivity contribution in [2.45, 2.75) is 77.8 Å². The van der Waals surface area contributed by atoms with E-state index in [9.17, 15) is 18.4 Å². The molecule has 1 aliphatic heterocycles. The third-order valence-corrected chi connectivity index (χ3v) is 7.40. The number of nitrogens with two attached hydrogens (primary N) is 1. The van der Waals surface area contributed by atoms with Crippen LogP contribution in [0.3, 0.4) is 0 Å². The lowest BCUT2D eigenvalue weighted by Crippen LogP contribution is -2.32. The first-order chi connectivity index (χ1) is 18.3. The number of pyridine rings is 1. The average molecular weight is 555 g/mol. The quantitative estimate of drug-likeness (QED) is 0.339. The lowest BCUT2D eigenvalue weighted by atomic mass is 9.87. The summed E-state index contributed by atoms with van der Waals surface area (Å²) in [4.78, 5) is 29.5. The number of ether oxygens (including phenoxy) is 1. The van der Waals surface area contributed by atoms with Crippen LogP contribution in [-0.2, 0) is 19.5 Å². The van der Waals surface area contributed by atoms with Gasteiger partial charge in [-0.3, -0.25) is 14.5 Å². The largest absolute Gasteiger partial charge is 0.464 e. The molecule has 1 saturated carbocycles. The Bertz CT molecular complexity index is 1000. The molecule has 10 heteroatoms. The number of alkyl halides is 2. The van der Waals surface area contributed by atoms with E-state index >= 15 is 0 Å². The van der Waals surface area contributed by atoms with Gasteiger partial charge >= 0.3 is 0 Å². The van der Waals surface area contributed by atoms with Crippen molar-refractivity contribution >= 4 is 17.6 Å². The van der Waals surface area contributed by atoms with Gasteiger partial charge in [0.05, 0.1) is 11.4 Å². The standard InChI is InChI=1S/C17H26F2N2OS.C8H9NO2.C2H4.CH5N/c1-17(18,19)12-22-16-20-14-11-21(10-8-15(14)23-16)9-7-13-5-3-2-4-6-13;1-2-9-7(6-10)4-3-5-8(9)11;2*1-2/h13H,2-12H2,1H3;3-6H,2H2,1H3;1-2H2;2H2,1H3. The molecule has 214 valence electrons. The maximum absolute atomic E-state index is 12.9. The number of hydrogen-bond acceptors (Lipinski definition) is 7. The average Bonchev–Trinajstić information content (AvgIpc) is 3.36. The molecule has 0 unspecified atom stereocenters. The molecular formula is C28H44F2N4O3S. The van der Waals surface area contributed by atoms with Gasteiger partial charge in [-0.25, -0.2) is 13.8 Å². The summed E-state index contributed by atoms with van der Waals surface area (Å²) in [5.74, 6) is -1.91. The molecule has 3 heterocycles. The first-order valence-corrected chi connectivity index (χ1v) is 14.0. The number of aldehydes is 1. The molecule has 1 aliphatic carbocycles. The van der Waals surface area contributed by atoms with Gasteiger partial charge in [0, 0.05) is 37.5 Å². The van der Waals surface area contributed by atoms with Crippen LogP contribution < -0.4 is 16.0 Å². The molecule has 0 radical (unpaired) electrons. The van der Waals surface area contributed by atoms with Crippen molar-refractivity contribution in [1.29, 1.82) is 0 Å². The molecule has 0 spiro atoms. The maximum atomic E-state index is 12.9. The summed E-state index contributed by atoms with van der Waals surface area (Å²) in [6.07, 6.45) is 9.90. The molecule has 2 aliphatic rings.